The number of rotatable bonds is 0. The largest absolute Gasteiger partial charge is 0.286 e. The summed E-state index contributed by atoms with van der Waals surface area (Å²) in [6.45, 7) is 4.41. The zero-order valence-corrected chi connectivity index (χ0v) is 22.4. The maximum atomic E-state index is 2.52. The Morgan fingerprint density at radius 2 is 0.875 bits per heavy atom. The molecular weight excluding hydrogens is 486 g/mol. The van der Waals surface area contributed by atoms with Crippen molar-refractivity contribution in [1.29, 1.82) is 0 Å². The molecule has 4 aromatic carbocycles. The fourth-order valence-electron chi connectivity index (χ4n) is 8.47. The van der Waals surface area contributed by atoms with Gasteiger partial charge in [0.05, 0.1) is 14.8 Å². The molecule has 0 bridgehead atoms. The highest BCUT2D eigenvalue weighted by molar-refractivity contribution is 5.98. The lowest BCUT2D eigenvalue weighted by atomic mass is 9.64. The molecule has 1 aliphatic carbocycles. The minimum atomic E-state index is -0.402. The highest BCUT2D eigenvalue weighted by Crippen LogP contribution is 2.67. The van der Waals surface area contributed by atoms with Crippen LogP contribution in [0.25, 0.3) is 33.6 Å². The van der Waals surface area contributed by atoms with E-state index in [-0.39, 0.29) is 0 Å². The van der Waals surface area contributed by atoms with Crippen molar-refractivity contribution in [2.45, 2.75) is 19.3 Å². The van der Waals surface area contributed by atoms with Gasteiger partial charge in [-0.25, -0.2) is 0 Å². The number of hydrogen-bond donors (Lipinski definition) is 0. The third-order valence-electron chi connectivity index (χ3n) is 9.79. The van der Waals surface area contributed by atoms with Gasteiger partial charge in [-0.3, -0.25) is 0 Å². The second-order valence-corrected chi connectivity index (χ2v) is 11.7. The van der Waals surface area contributed by atoms with Crippen LogP contribution in [0.2, 0.25) is 0 Å². The average molecular weight is 513 g/mol. The molecule has 0 saturated heterocycles. The van der Waals surface area contributed by atoms with E-state index in [1.807, 2.05) is 0 Å². The van der Waals surface area contributed by atoms with Crippen molar-refractivity contribution < 1.29 is 9.35 Å². The third-order valence-corrected chi connectivity index (χ3v) is 9.79. The number of quaternary nitrogens is 1. The standard InChI is InChI=1S/C37H26N3/c1-23-17-19-33-27-11-7-15-31-35(27)40(38(33)21-23)36-28(34-20-18-24(2)22-39(34)40)12-8-16-32(36)37(31)29-13-5-3-9-25(29)26-10-4-6-14-30(26)37/h3-22H,1-2H3/q+3. The average Bonchev–Trinajstić information content (AvgIpc) is 3.56. The van der Waals surface area contributed by atoms with Gasteiger partial charge in [0.1, 0.15) is 11.1 Å². The lowest BCUT2D eigenvalue weighted by Crippen LogP contribution is -2.82. The van der Waals surface area contributed by atoms with Crippen LogP contribution >= 0.6 is 0 Å². The smallest absolute Gasteiger partial charge is 0.0619 e. The summed E-state index contributed by atoms with van der Waals surface area (Å²) in [7, 11) is 0. The summed E-state index contributed by atoms with van der Waals surface area (Å²) in [5, 5.41) is 0. The molecule has 0 fully saturated rings. The predicted molar refractivity (Wildman–Crippen MR) is 157 cm³/mol. The lowest BCUT2D eigenvalue weighted by molar-refractivity contribution is -1.02. The van der Waals surface area contributed by atoms with Gasteiger partial charge in [-0.15, -0.1) is 0 Å². The number of para-hydroxylation sites is 2. The Morgan fingerprint density at radius 3 is 1.38 bits per heavy atom. The van der Waals surface area contributed by atoms with Gasteiger partial charge < -0.3 is 0 Å². The summed E-state index contributed by atoms with van der Waals surface area (Å²) in [5.41, 5.74) is 18.1. The number of benzene rings is 4. The molecule has 0 unspecified atom stereocenters. The minimum absolute atomic E-state index is 0.402. The summed E-state index contributed by atoms with van der Waals surface area (Å²) in [4.78, 5) is 0. The van der Waals surface area contributed by atoms with Crippen molar-refractivity contribution in [2.24, 2.45) is 0 Å². The normalized spacial score (nSPS) is 16.1. The first-order valence-corrected chi connectivity index (χ1v) is 14.1. The van der Waals surface area contributed by atoms with Crippen LogP contribution in [-0.2, 0) is 5.41 Å². The molecule has 5 heterocycles. The number of aryl methyl sites for hydroxylation is 2. The maximum absolute atomic E-state index is 2.52. The van der Waals surface area contributed by atoms with Crippen LogP contribution in [0.15, 0.2) is 122 Å². The van der Waals surface area contributed by atoms with Crippen molar-refractivity contribution in [1.82, 2.24) is 4.70 Å². The lowest BCUT2D eigenvalue weighted by Gasteiger charge is -2.38. The molecule has 3 aliphatic heterocycles. The van der Waals surface area contributed by atoms with E-state index in [1.54, 1.807) is 0 Å². The number of pyridine rings is 2. The van der Waals surface area contributed by atoms with Crippen molar-refractivity contribution in [2.75, 3.05) is 0 Å². The molecule has 3 heteroatoms. The molecule has 6 aromatic rings. The Balaban J connectivity index is 1.51. The Kier molecular flexibility index (Phi) is 3.49. The van der Waals surface area contributed by atoms with Crippen LogP contribution in [0.3, 0.4) is 0 Å². The second kappa shape index (κ2) is 6.64. The van der Waals surface area contributed by atoms with E-state index in [1.165, 1.54) is 78.4 Å². The van der Waals surface area contributed by atoms with E-state index >= 15 is 0 Å². The number of nitrogens with zero attached hydrogens (tertiary/aromatic N) is 3. The zero-order valence-electron chi connectivity index (χ0n) is 22.4. The fourth-order valence-corrected chi connectivity index (χ4v) is 8.47. The molecule has 0 N–H and O–H groups in total. The molecular formula is C37H26N3+3. The molecule has 2 spiro atoms. The minimum Gasteiger partial charge on any atom is -0.0619 e. The van der Waals surface area contributed by atoms with Crippen molar-refractivity contribution in [3.05, 3.63) is 155 Å². The van der Waals surface area contributed by atoms with Gasteiger partial charge in [-0.05, 0) is 60.4 Å². The SMILES string of the molecule is Cc1ccc2[n+](c1)[N+]13c4c-2cccc4C2(c4ccccc4-c4ccccc42)c2cccc(c21)-c1ccc(C)c[n+]13. The van der Waals surface area contributed by atoms with E-state index < -0.39 is 5.41 Å². The van der Waals surface area contributed by atoms with Crippen molar-refractivity contribution >= 4 is 11.4 Å². The molecule has 0 radical (unpaired) electrons. The molecule has 0 atom stereocenters. The van der Waals surface area contributed by atoms with E-state index in [0.29, 0.717) is 4.70 Å². The summed E-state index contributed by atoms with van der Waals surface area (Å²) >= 11 is 0. The number of aromatic nitrogens is 2. The quantitative estimate of drug-likeness (QED) is 0.152. The van der Waals surface area contributed by atoms with E-state index in [2.05, 4.69) is 145 Å². The second-order valence-electron chi connectivity index (χ2n) is 11.7. The van der Waals surface area contributed by atoms with Crippen LogP contribution in [0.4, 0.5) is 11.4 Å². The Bertz CT molecular complexity index is 2000. The van der Waals surface area contributed by atoms with Gasteiger partial charge in [0.25, 0.3) is 22.8 Å². The van der Waals surface area contributed by atoms with E-state index in [0.717, 1.165) is 0 Å². The molecule has 10 rings (SSSR count). The zero-order chi connectivity index (χ0) is 26.4. The highest BCUT2D eigenvalue weighted by Gasteiger charge is 2.75. The van der Waals surface area contributed by atoms with Crippen LogP contribution in [0.5, 0.6) is 0 Å². The van der Waals surface area contributed by atoms with Crippen LogP contribution in [0.1, 0.15) is 33.4 Å². The first-order chi connectivity index (χ1) is 19.7. The Labute approximate surface area is 233 Å². The molecule has 40 heavy (non-hydrogen) atoms. The first-order valence-electron chi connectivity index (χ1n) is 14.1. The Hall–Kier alpha value is -4.86. The number of fused-ring (bicyclic) bond motifs is 11. The van der Waals surface area contributed by atoms with Gasteiger partial charge in [0, 0.05) is 34.4 Å². The Morgan fingerprint density at radius 1 is 0.450 bits per heavy atom. The third kappa shape index (κ3) is 1.99. The highest BCUT2D eigenvalue weighted by atomic mass is 15.9. The molecule has 3 nitrogen and oxygen atoms in total. The molecule has 0 amide bonds. The summed E-state index contributed by atoms with van der Waals surface area (Å²) in [6, 6.07) is 41.3. The first kappa shape index (κ1) is 21.0. The topological polar surface area (TPSA) is 7.76 Å². The van der Waals surface area contributed by atoms with E-state index in [9.17, 15) is 0 Å². The monoisotopic (exact) mass is 512 g/mol. The molecule has 0 saturated carbocycles. The van der Waals surface area contributed by atoms with E-state index in [4.69, 9.17) is 0 Å². The summed E-state index contributed by atoms with van der Waals surface area (Å²) < 4.78 is 5.56. The van der Waals surface area contributed by atoms with Crippen LogP contribution < -0.4 is 14.1 Å². The summed E-state index contributed by atoms with van der Waals surface area (Å²) in [5.74, 6) is 0. The number of hydrogen-bond acceptors (Lipinski definition) is 0. The molecule has 4 aliphatic rings. The summed E-state index contributed by atoms with van der Waals surface area (Å²) in [6.07, 6.45) is 4.69. The van der Waals surface area contributed by atoms with Crippen LogP contribution in [-0.4, -0.2) is 0 Å². The molecule has 2 aromatic heterocycles. The predicted octanol–water partition coefficient (Wildman–Crippen LogP) is 7.08. The van der Waals surface area contributed by atoms with Crippen LogP contribution in [0, 0.1) is 13.8 Å². The van der Waals surface area contributed by atoms with Gasteiger partial charge in [-0.1, -0.05) is 72.8 Å². The van der Waals surface area contributed by atoms with Gasteiger partial charge in [-0.2, -0.15) is 0 Å². The van der Waals surface area contributed by atoms with Gasteiger partial charge in [0.2, 0.25) is 12.4 Å². The van der Waals surface area contributed by atoms with Gasteiger partial charge in [0.15, 0.2) is 4.70 Å². The van der Waals surface area contributed by atoms with Crippen molar-refractivity contribution in [3.8, 4) is 33.6 Å². The van der Waals surface area contributed by atoms with Gasteiger partial charge >= 0.3 is 0 Å². The molecule has 186 valence electrons. The fraction of sp³-hybridized carbons (Fsp3) is 0.0811. The van der Waals surface area contributed by atoms with Crippen molar-refractivity contribution in [3.63, 3.8) is 0 Å². The maximum Gasteiger partial charge on any atom is 0.286 e.